The van der Waals surface area contributed by atoms with Crippen LogP contribution in [0.5, 0.6) is 0 Å². The molecule has 1 N–H and O–H groups in total. The standard InChI is InChI=1S/C13H23N5O/c1-3-14-9-13(8-11-15-17-18(2)16-11)6-7-19-12(13)10-4-5-10/h10,12,14H,3-9H2,1-2H3. The van der Waals surface area contributed by atoms with Crippen LogP contribution >= 0.6 is 0 Å². The minimum Gasteiger partial charge on any atom is -0.377 e. The lowest BCUT2D eigenvalue weighted by Gasteiger charge is -2.33. The second-order valence-corrected chi connectivity index (χ2v) is 5.89. The number of hydrogen-bond donors (Lipinski definition) is 1. The Morgan fingerprint density at radius 1 is 1.47 bits per heavy atom. The molecule has 2 fully saturated rings. The average molecular weight is 265 g/mol. The second kappa shape index (κ2) is 5.17. The Morgan fingerprint density at radius 2 is 2.32 bits per heavy atom. The van der Waals surface area contributed by atoms with Crippen molar-refractivity contribution in [3.05, 3.63) is 5.82 Å². The van der Waals surface area contributed by atoms with E-state index in [0.29, 0.717) is 6.10 Å². The van der Waals surface area contributed by atoms with Crippen molar-refractivity contribution in [1.29, 1.82) is 0 Å². The molecule has 1 aliphatic heterocycles. The number of ether oxygens (including phenoxy) is 1. The first kappa shape index (κ1) is 13.0. The van der Waals surface area contributed by atoms with Crippen molar-refractivity contribution >= 4 is 0 Å². The van der Waals surface area contributed by atoms with Crippen LogP contribution in [0, 0.1) is 11.3 Å². The summed E-state index contributed by atoms with van der Waals surface area (Å²) in [5.74, 6) is 1.59. The van der Waals surface area contributed by atoms with Gasteiger partial charge in [0.1, 0.15) is 0 Å². The van der Waals surface area contributed by atoms with E-state index < -0.39 is 0 Å². The van der Waals surface area contributed by atoms with Crippen LogP contribution in [-0.4, -0.2) is 46.0 Å². The van der Waals surface area contributed by atoms with Crippen LogP contribution in [-0.2, 0) is 18.2 Å². The highest BCUT2D eigenvalue weighted by Gasteiger charge is 2.51. The van der Waals surface area contributed by atoms with E-state index >= 15 is 0 Å². The Balaban J connectivity index is 1.78. The monoisotopic (exact) mass is 265 g/mol. The van der Waals surface area contributed by atoms with Crippen molar-refractivity contribution in [3.63, 3.8) is 0 Å². The largest absolute Gasteiger partial charge is 0.377 e. The van der Waals surface area contributed by atoms with Crippen LogP contribution in [0.25, 0.3) is 0 Å². The molecule has 6 nitrogen and oxygen atoms in total. The Hall–Kier alpha value is -1.01. The third-order valence-corrected chi connectivity index (χ3v) is 4.34. The van der Waals surface area contributed by atoms with E-state index in [2.05, 4.69) is 27.7 Å². The van der Waals surface area contributed by atoms with Crippen molar-refractivity contribution < 1.29 is 4.74 Å². The quantitative estimate of drug-likeness (QED) is 0.813. The molecule has 3 rings (SSSR count). The third kappa shape index (κ3) is 2.65. The number of rotatable bonds is 6. The smallest absolute Gasteiger partial charge is 0.175 e. The summed E-state index contributed by atoms with van der Waals surface area (Å²) in [7, 11) is 1.82. The summed E-state index contributed by atoms with van der Waals surface area (Å²) in [6.07, 6.45) is 4.96. The van der Waals surface area contributed by atoms with E-state index in [9.17, 15) is 0 Å². The van der Waals surface area contributed by atoms with E-state index in [4.69, 9.17) is 4.74 Å². The van der Waals surface area contributed by atoms with E-state index in [1.165, 1.54) is 17.6 Å². The van der Waals surface area contributed by atoms with Gasteiger partial charge in [0, 0.05) is 25.0 Å². The predicted molar refractivity (Wildman–Crippen MR) is 70.6 cm³/mol. The summed E-state index contributed by atoms with van der Waals surface area (Å²) in [6.45, 7) is 5.00. The molecular formula is C13H23N5O. The molecule has 0 spiro atoms. The molecular weight excluding hydrogens is 242 g/mol. The maximum Gasteiger partial charge on any atom is 0.175 e. The summed E-state index contributed by atoms with van der Waals surface area (Å²) in [4.78, 5) is 1.54. The summed E-state index contributed by atoms with van der Waals surface area (Å²) < 4.78 is 6.05. The number of nitrogens with one attached hydrogen (secondary N) is 1. The molecule has 0 aromatic carbocycles. The minimum absolute atomic E-state index is 0.153. The Kier molecular flexibility index (Phi) is 3.54. The molecule has 106 valence electrons. The first-order chi connectivity index (χ1) is 9.23. The molecule has 2 aliphatic rings. The average Bonchev–Trinajstić information content (AvgIpc) is 3.04. The zero-order valence-corrected chi connectivity index (χ0v) is 11.8. The number of tetrazole rings is 1. The lowest BCUT2D eigenvalue weighted by molar-refractivity contribution is 0.0299. The predicted octanol–water partition coefficient (Wildman–Crippen LogP) is 0.547. The number of hydrogen-bond acceptors (Lipinski definition) is 5. The first-order valence-electron chi connectivity index (χ1n) is 7.29. The zero-order valence-electron chi connectivity index (χ0n) is 11.8. The van der Waals surface area contributed by atoms with Crippen LogP contribution in [0.2, 0.25) is 0 Å². The van der Waals surface area contributed by atoms with Gasteiger partial charge in [0.15, 0.2) is 5.82 Å². The molecule has 1 aliphatic carbocycles. The lowest BCUT2D eigenvalue weighted by atomic mass is 9.75. The molecule has 2 unspecified atom stereocenters. The molecule has 19 heavy (non-hydrogen) atoms. The van der Waals surface area contributed by atoms with Crippen molar-refractivity contribution in [3.8, 4) is 0 Å². The molecule has 1 saturated carbocycles. The highest BCUT2D eigenvalue weighted by atomic mass is 16.5. The maximum absolute atomic E-state index is 6.05. The second-order valence-electron chi connectivity index (χ2n) is 5.89. The molecule has 2 heterocycles. The first-order valence-corrected chi connectivity index (χ1v) is 7.29. The van der Waals surface area contributed by atoms with Crippen molar-refractivity contribution in [2.75, 3.05) is 19.7 Å². The summed E-state index contributed by atoms with van der Waals surface area (Å²) in [6, 6.07) is 0. The van der Waals surface area contributed by atoms with Gasteiger partial charge in [0.05, 0.1) is 13.2 Å². The van der Waals surface area contributed by atoms with Crippen molar-refractivity contribution in [2.45, 2.75) is 38.7 Å². The Bertz CT molecular complexity index is 430. The molecule has 0 bridgehead atoms. The minimum atomic E-state index is 0.153. The fourth-order valence-corrected chi connectivity index (χ4v) is 3.27. The number of aromatic nitrogens is 4. The zero-order chi connectivity index (χ0) is 13.3. The van der Waals surface area contributed by atoms with E-state index in [1.54, 1.807) is 0 Å². The van der Waals surface area contributed by atoms with Crippen LogP contribution in [0.15, 0.2) is 0 Å². The molecule has 1 saturated heterocycles. The van der Waals surface area contributed by atoms with Crippen LogP contribution in [0.4, 0.5) is 0 Å². The molecule has 0 radical (unpaired) electrons. The third-order valence-electron chi connectivity index (χ3n) is 4.34. The highest BCUT2D eigenvalue weighted by molar-refractivity contribution is 5.04. The van der Waals surface area contributed by atoms with Gasteiger partial charge in [-0.15, -0.1) is 10.2 Å². The van der Waals surface area contributed by atoms with Crippen LogP contribution < -0.4 is 5.32 Å². The normalized spacial score (nSPS) is 30.9. The molecule has 1 aromatic rings. The van der Waals surface area contributed by atoms with Crippen LogP contribution in [0.1, 0.15) is 32.0 Å². The number of aryl methyl sites for hydroxylation is 1. The van der Waals surface area contributed by atoms with Gasteiger partial charge in [-0.05, 0) is 36.9 Å². The molecule has 6 heteroatoms. The number of nitrogens with zero attached hydrogens (tertiary/aromatic N) is 4. The topological polar surface area (TPSA) is 64.9 Å². The van der Waals surface area contributed by atoms with Crippen LogP contribution in [0.3, 0.4) is 0 Å². The van der Waals surface area contributed by atoms with Crippen molar-refractivity contribution in [1.82, 2.24) is 25.5 Å². The van der Waals surface area contributed by atoms with Gasteiger partial charge in [-0.2, -0.15) is 4.80 Å². The van der Waals surface area contributed by atoms with Gasteiger partial charge < -0.3 is 10.1 Å². The fourth-order valence-electron chi connectivity index (χ4n) is 3.27. The molecule has 2 atom stereocenters. The molecule has 1 aromatic heterocycles. The van der Waals surface area contributed by atoms with E-state index in [1.807, 2.05) is 7.05 Å². The Morgan fingerprint density at radius 3 is 2.95 bits per heavy atom. The van der Waals surface area contributed by atoms with E-state index in [-0.39, 0.29) is 5.41 Å². The lowest BCUT2D eigenvalue weighted by Crippen LogP contribution is -2.43. The van der Waals surface area contributed by atoms with Gasteiger partial charge >= 0.3 is 0 Å². The summed E-state index contributed by atoms with van der Waals surface area (Å²) >= 11 is 0. The van der Waals surface area contributed by atoms with Gasteiger partial charge in [-0.25, -0.2) is 0 Å². The van der Waals surface area contributed by atoms with Gasteiger partial charge in [0.25, 0.3) is 0 Å². The van der Waals surface area contributed by atoms with Gasteiger partial charge in [0.2, 0.25) is 0 Å². The summed E-state index contributed by atoms with van der Waals surface area (Å²) in [5.41, 5.74) is 0.153. The summed E-state index contributed by atoms with van der Waals surface area (Å²) in [5, 5.41) is 16.0. The molecule has 0 amide bonds. The van der Waals surface area contributed by atoms with E-state index in [0.717, 1.165) is 44.3 Å². The highest BCUT2D eigenvalue weighted by Crippen LogP contribution is 2.48. The maximum atomic E-state index is 6.05. The van der Waals surface area contributed by atoms with Gasteiger partial charge in [-0.1, -0.05) is 6.92 Å². The SMILES string of the molecule is CCNCC1(Cc2nnn(C)n2)CCOC1C1CC1. The van der Waals surface area contributed by atoms with Crippen molar-refractivity contribution in [2.24, 2.45) is 18.4 Å². The Labute approximate surface area is 113 Å². The van der Waals surface area contributed by atoms with Gasteiger partial charge in [-0.3, -0.25) is 0 Å². The fraction of sp³-hybridized carbons (Fsp3) is 0.923.